The van der Waals surface area contributed by atoms with Gasteiger partial charge in [-0.3, -0.25) is 4.79 Å². The third kappa shape index (κ3) is 2.84. The van der Waals surface area contributed by atoms with Gasteiger partial charge in [0.2, 0.25) is 5.92 Å². The number of nitrogens with two attached hydrogens (primary N) is 1. The van der Waals surface area contributed by atoms with Gasteiger partial charge in [0, 0.05) is 25.9 Å². The molecular formula is C15H16F2N4O. The number of hydrogen-bond acceptors (Lipinski definition) is 4. The number of carbonyl (C=O) groups excluding carboxylic acids is 1. The smallest absolute Gasteiger partial charge is 0.271 e. The number of amides is 1. The van der Waals surface area contributed by atoms with Crippen LogP contribution in [0.5, 0.6) is 0 Å². The van der Waals surface area contributed by atoms with Gasteiger partial charge in [-0.05, 0) is 18.6 Å². The maximum atomic E-state index is 13.5. The van der Waals surface area contributed by atoms with Gasteiger partial charge in [0.05, 0.1) is 11.0 Å². The lowest BCUT2D eigenvalue weighted by Gasteiger charge is -2.23. The molecule has 0 aliphatic carbocycles. The minimum absolute atomic E-state index is 0.0314. The highest BCUT2D eigenvalue weighted by Crippen LogP contribution is 2.30. The second-order valence-electron chi connectivity index (χ2n) is 5.45. The molecule has 3 rings (SSSR count). The SMILES string of the molecule is NC(=O)c1nc2ccccc2nc1N1CCCC(F)(F)CC1. The maximum absolute atomic E-state index is 13.5. The van der Waals surface area contributed by atoms with Crippen LogP contribution in [-0.2, 0) is 0 Å². The molecule has 1 amide bonds. The van der Waals surface area contributed by atoms with Crippen LogP contribution in [0, 0.1) is 0 Å². The van der Waals surface area contributed by atoms with Crippen molar-refractivity contribution in [3.8, 4) is 0 Å². The van der Waals surface area contributed by atoms with E-state index < -0.39 is 11.8 Å². The Morgan fingerprint density at radius 1 is 1.14 bits per heavy atom. The molecule has 1 aromatic carbocycles. The van der Waals surface area contributed by atoms with E-state index in [9.17, 15) is 13.6 Å². The van der Waals surface area contributed by atoms with Crippen LogP contribution in [0.2, 0.25) is 0 Å². The fourth-order valence-corrected chi connectivity index (χ4v) is 2.65. The molecule has 1 fully saturated rings. The second-order valence-corrected chi connectivity index (χ2v) is 5.45. The third-order valence-corrected chi connectivity index (χ3v) is 3.80. The number of alkyl halides is 2. The normalized spacial score (nSPS) is 18.2. The quantitative estimate of drug-likeness (QED) is 0.924. The van der Waals surface area contributed by atoms with E-state index in [0.717, 1.165) is 0 Å². The number of carbonyl (C=O) groups is 1. The van der Waals surface area contributed by atoms with Gasteiger partial charge >= 0.3 is 0 Å². The first-order chi connectivity index (χ1) is 10.5. The molecule has 22 heavy (non-hydrogen) atoms. The highest BCUT2D eigenvalue weighted by Gasteiger charge is 2.33. The first-order valence-electron chi connectivity index (χ1n) is 7.16. The number of halogens is 2. The van der Waals surface area contributed by atoms with E-state index in [-0.39, 0.29) is 25.1 Å². The fourth-order valence-electron chi connectivity index (χ4n) is 2.65. The summed E-state index contributed by atoms with van der Waals surface area (Å²) in [5.74, 6) is -3.08. The summed E-state index contributed by atoms with van der Waals surface area (Å²) in [7, 11) is 0. The van der Waals surface area contributed by atoms with E-state index in [1.165, 1.54) is 0 Å². The molecule has 1 saturated heterocycles. The van der Waals surface area contributed by atoms with E-state index in [1.807, 2.05) is 0 Å². The summed E-state index contributed by atoms with van der Waals surface area (Å²) < 4.78 is 27.0. The Bertz CT molecular complexity index is 720. The maximum Gasteiger partial charge on any atom is 0.271 e. The Morgan fingerprint density at radius 3 is 2.50 bits per heavy atom. The molecule has 1 aliphatic rings. The number of aromatic nitrogens is 2. The van der Waals surface area contributed by atoms with Gasteiger partial charge in [-0.1, -0.05) is 12.1 Å². The van der Waals surface area contributed by atoms with Gasteiger partial charge in [-0.2, -0.15) is 0 Å². The van der Waals surface area contributed by atoms with Crippen molar-refractivity contribution in [1.29, 1.82) is 0 Å². The molecule has 7 heteroatoms. The van der Waals surface area contributed by atoms with Crippen molar-refractivity contribution < 1.29 is 13.6 Å². The van der Waals surface area contributed by atoms with E-state index in [2.05, 4.69) is 9.97 Å². The summed E-state index contributed by atoms with van der Waals surface area (Å²) in [5, 5.41) is 0. The number of nitrogens with zero attached hydrogens (tertiary/aromatic N) is 3. The van der Waals surface area contributed by atoms with Crippen LogP contribution >= 0.6 is 0 Å². The third-order valence-electron chi connectivity index (χ3n) is 3.80. The Hall–Kier alpha value is -2.31. The highest BCUT2D eigenvalue weighted by molar-refractivity contribution is 5.98. The molecular weight excluding hydrogens is 290 g/mol. The summed E-state index contributed by atoms with van der Waals surface area (Å²) in [6, 6.07) is 7.09. The van der Waals surface area contributed by atoms with Crippen molar-refractivity contribution in [2.75, 3.05) is 18.0 Å². The van der Waals surface area contributed by atoms with Crippen LogP contribution in [0.1, 0.15) is 29.8 Å². The van der Waals surface area contributed by atoms with Gasteiger partial charge in [-0.25, -0.2) is 18.7 Å². The Kier molecular flexibility index (Phi) is 3.64. The first-order valence-corrected chi connectivity index (χ1v) is 7.16. The topological polar surface area (TPSA) is 72.1 Å². The Labute approximate surface area is 126 Å². The standard InChI is InChI=1S/C15H16F2N4O/c16-15(17)6-3-8-21(9-7-15)14-12(13(18)22)19-10-4-1-2-5-11(10)20-14/h1-2,4-5H,3,6-9H2,(H2,18,22). The number of para-hydroxylation sites is 2. The van der Waals surface area contributed by atoms with Crippen LogP contribution in [0.15, 0.2) is 24.3 Å². The molecule has 0 atom stereocenters. The fraction of sp³-hybridized carbons (Fsp3) is 0.400. The molecule has 2 heterocycles. The average molecular weight is 306 g/mol. The number of anilines is 1. The van der Waals surface area contributed by atoms with Crippen LogP contribution in [0.25, 0.3) is 11.0 Å². The van der Waals surface area contributed by atoms with Crippen LogP contribution in [0.4, 0.5) is 14.6 Å². The molecule has 1 aromatic heterocycles. The van der Waals surface area contributed by atoms with Crippen molar-refractivity contribution in [3.05, 3.63) is 30.0 Å². The van der Waals surface area contributed by atoms with Crippen molar-refractivity contribution in [1.82, 2.24) is 9.97 Å². The Morgan fingerprint density at radius 2 is 1.82 bits per heavy atom. The van der Waals surface area contributed by atoms with Crippen molar-refractivity contribution >= 4 is 22.8 Å². The summed E-state index contributed by atoms with van der Waals surface area (Å²) in [4.78, 5) is 22.0. The number of hydrogen-bond donors (Lipinski definition) is 1. The molecule has 2 N–H and O–H groups in total. The minimum Gasteiger partial charge on any atom is -0.364 e. The molecule has 2 aromatic rings. The Balaban J connectivity index is 2.04. The zero-order valence-electron chi connectivity index (χ0n) is 11.9. The second kappa shape index (κ2) is 5.47. The molecule has 1 aliphatic heterocycles. The van der Waals surface area contributed by atoms with Gasteiger partial charge in [0.15, 0.2) is 11.5 Å². The lowest BCUT2D eigenvalue weighted by Crippen LogP contribution is -2.30. The van der Waals surface area contributed by atoms with Crippen molar-refractivity contribution in [2.45, 2.75) is 25.2 Å². The summed E-state index contributed by atoms with van der Waals surface area (Å²) in [6.45, 7) is 0.531. The lowest BCUT2D eigenvalue weighted by atomic mass is 10.1. The number of rotatable bonds is 2. The van der Waals surface area contributed by atoms with Gasteiger partial charge in [0.25, 0.3) is 5.91 Å². The average Bonchev–Trinajstić information content (AvgIpc) is 2.66. The number of benzene rings is 1. The molecule has 0 unspecified atom stereocenters. The van der Waals surface area contributed by atoms with E-state index in [1.54, 1.807) is 29.2 Å². The largest absolute Gasteiger partial charge is 0.364 e. The van der Waals surface area contributed by atoms with Crippen molar-refractivity contribution in [2.24, 2.45) is 5.73 Å². The molecule has 116 valence electrons. The summed E-state index contributed by atoms with van der Waals surface area (Å²) >= 11 is 0. The predicted octanol–water partition coefficient (Wildman–Crippen LogP) is 2.35. The molecule has 0 saturated carbocycles. The zero-order valence-corrected chi connectivity index (χ0v) is 11.9. The number of fused-ring (bicyclic) bond motifs is 1. The van der Waals surface area contributed by atoms with E-state index >= 15 is 0 Å². The lowest BCUT2D eigenvalue weighted by molar-refractivity contribution is -0.0102. The van der Waals surface area contributed by atoms with E-state index in [4.69, 9.17) is 5.73 Å². The summed E-state index contributed by atoms with van der Waals surface area (Å²) in [6.07, 6.45) is -0.0875. The van der Waals surface area contributed by atoms with Crippen LogP contribution in [-0.4, -0.2) is 34.9 Å². The molecule has 0 radical (unpaired) electrons. The van der Waals surface area contributed by atoms with Crippen molar-refractivity contribution in [3.63, 3.8) is 0 Å². The highest BCUT2D eigenvalue weighted by atomic mass is 19.3. The number of primary amides is 1. The predicted molar refractivity (Wildman–Crippen MR) is 79.1 cm³/mol. The van der Waals surface area contributed by atoms with Gasteiger partial charge in [0.1, 0.15) is 0 Å². The summed E-state index contributed by atoms with van der Waals surface area (Å²) in [5.41, 5.74) is 6.59. The first kappa shape index (κ1) is 14.6. The molecule has 0 spiro atoms. The van der Waals surface area contributed by atoms with E-state index in [0.29, 0.717) is 29.8 Å². The monoisotopic (exact) mass is 306 g/mol. The van der Waals surface area contributed by atoms with Gasteiger partial charge in [-0.15, -0.1) is 0 Å². The molecule has 0 bridgehead atoms. The van der Waals surface area contributed by atoms with Crippen LogP contribution in [0.3, 0.4) is 0 Å². The van der Waals surface area contributed by atoms with Gasteiger partial charge < -0.3 is 10.6 Å². The molecule has 5 nitrogen and oxygen atoms in total. The van der Waals surface area contributed by atoms with Crippen LogP contribution < -0.4 is 10.6 Å². The minimum atomic E-state index is -2.67. The zero-order chi connectivity index (χ0) is 15.7.